The Hall–Kier alpha value is -2.03. The lowest BCUT2D eigenvalue weighted by Crippen LogP contribution is -2.35. The molecule has 1 N–H and O–H groups in total. The van der Waals surface area contributed by atoms with Crippen LogP contribution in [-0.2, 0) is 19.8 Å². The van der Waals surface area contributed by atoms with Gasteiger partial charge in [-0.15, -0.1) is 0 Å². The Morgan fingerprint density at radius 2 is 1.78 bits per heavy atom. The molecule has 126 valence electrons. The van der Waals surface area contributed by atoms with E-state index in [1.54, 1.807) is 7.05 Å². The first-order valence-electron chi connectivity index (χ1n) is 6.53. The van der Waals surface area contributed by atoms with Crippen LogP contribution >= 0.6 is 0 Å². The van der Waals surface area contributed by atoms with Crippen molar-refractivity contribution in [2.24, 2.45) is 7.05 Å². The molecule has 0 aliphatic heterocycles. The summed E-state index contributed by atoms with van der Waals surface area (Å²) in [6, 6.07) is 1.24. The van der Waals surface area contributed by atoms with Crippen molar-refractivity contribution in [2.45, 2.75) is 24.9 Å². The van der Waals surface area contributed by atoms with Crippen LogP contribution in [0.1, 0.15) is 22.7 Å². The number of benzene rings is 1. The van der Waals surface area contributed by atoms with E-state index in [-0.39, 0.29) is 6.54 Å². The summed E-state index contributed by atoms with van der Waals surface area (Å²) in [7, 11) is 1.59. The number of nitrogens with one attached hydrogen (secondary N) is 1. The van der Waals surface area contributed by atoms with Gasteiger partial charge in [-0.1, -0.05) is 18.2 Å². The molecule has 0 saturated carbocycles. The SMILES string of the molecule is Cn1cc(CN[C@H](c2ccccc2C(F)(F)F)C(F)(F)F)cn1. The predicted molar refractivity (Wildman–Crippen MR) is 70.3 cm³/mol. The van der Waals surface area contributed by atoms with E-state index in [9.17, 15) is 26.3 Å². The molecule has 1 aromatic carbocycles. The highest BCUT2D eigenvalue weighted by atomic mass is 19.4. The first-order chi connectivity index (χ1) is 10.6. The fourth-order valence-corrected chi connectivity index (χ4v) is 2.19. The number of aromatic nitrogens is 2. The Morgan fingerprint density at radius 1 is 1.13 bits per heavy atom. The standard InChI is InChI=1S/C14H13F6N3/c1-23-8-9(7-22-23)6-21-12(14(18,19)20)10-4-2-3-5-11(10)13(15,16)17/h2-5,7-8,12,21H,6H2,1H3/t12-/m1/s1. The highest BCUT2D eigenvalue weighted by Gasteiger charge is 2.45. The molecule has 0 radical (unpaired) electrons. The lowest BCUT2D eigenvalue weighted by Gasteiger charge is -2.25. The zero-order valence-corrected chi connectivity index (χ0v) is 11.9. The summed E-state index contributed by atoms with van der Waals surface area (Å²) < 4.78 is 80.0. The molecule has 1 heterocycles. The van der Waals surface area contributed by atoms with Gasteiger partial charge in [0.05, 0.1) is 11.8 Å². The molecule has 0 unspecified atom stereocenters. The minimum atomic E-state index is -4.87. The van der Waals surface area contributed by atoms with Crippen molar-refractivity contribution in [2.75, 3.05) is 0 Å². The topological polar surface area (TPSA) is 29.9 Å². The van der Waals surface area contributed by atoms with Crippen LogP contribution in [0.3, 0.4) is 0 Å². The van der Waals surface area contributed by atoms with Crippen LogP contribution in [0.25, 0.3) is 0 Å². The van der Waals surface area contributed by atoms with Gasteiger partial charge >= 0.3 is 12.4 Å². The second-order valence-electron chi connectivity index (χ2n) is 4.96. The highest BCUT2D eigenvalue weighted by Crippen LogP contribution is 2.40. The number of rotatable bonds is 4. The van der Waals surface area contributed by atoms with Crippen molar-refractivity contribution in [1.82, 2.24) is 15.1 Å². The molecule has 0 aliphatic rings. The average Bonchev–Trinajstić information content (AvgIpc) is 2.82. The second-order valence-corrected chi connectivity index (χ2v) is 4.96. The van der Waals surface area contributed by atoms with Crippen LogP contribution in [0, 0.1) is 0 Å². The fraction of sp³-hybridized carbons (Fsp3) is 0.357. The fourth-order valence-electron chi connectivity index (χ4n) is 2.19. The van der Waals surface area contributed by atoms with Crippen LogP contribution in [0.2, 0.25) is 0 Å². The zero-order chi connectivity index (χ0) is 17.3. The van der Waals surface area contributed by atoms with E-state index in [2.05, 4.69) is 10.4 Å². The molecule has 0 amide bonds. The smallest absolute Gasteiger partial charge is 0.298 e. The maximum absolute atomic E-state index is 13.2. The summed E-state index contributed by atoms with van der Waals surface area (Å²) >= 11 is 0. The van der Waals surface area contributed by atoms with Crippen LogP contribution < -0.4 is 5.32 Å². The summed E-state index contributed by atoms with van der Waals surface area (Å²) in [6.45, 7) is -0.260. The Balaban J connectivity index is 2.33. The lowest BCUT2D eigenvalue weighted by molar-refractivity contribution is -0.163. The first-order valence-corrected chi connectivity index (χ1v) is 6.53. The maximum Gasteiger partial charge on any atom is 0.416 e. The number of hydrogen-bond acceptors (Lipinski definition) is 2. The molecule has 0 aliphatic carbocycles. The summed E-state index contributed by atoms with van der Waals surface area (Å²) in [5.41, 5.74) is -1.72. The quantitative estimate of drug-likeness (QED) is 0.860. The van der Waals surface area contributed by atoms with Gasteiger partial charge in [0.25, 0.3) is 0 Å². The van der Waals surface area contributed by atoms with Crippen molar-refractivity contribution >= 4 is 0 Å². The Bertz CT molecular complexity index is 659. The van der Waals surface area contributed by atoms with Gasteiger partial charge in [0.15, 0.2) is 0 Å². The summed E-state index contributed by atoms with van der Waals surface area (Å²) in [5, 5.41) is 5.94. The van der Waals surface area contributed by atoms with E-state index in [1.807, 2.05) is 0 Å². The van der Waals surface area contributed by atoms with Gasteiger partial charge in [0.1, 0.15) is 6.04 Å². The Kier molecular flexibility index (Phi) is 4.69. The van der Waals surface area contributed by atoms with Gasteiger partial charge in [0, 0.05) is 25.4 Å². The molecule has 23 heavy (non-hydrogen) atoms. The van der Waals surface area contributed by atoms with E-state index in [1.165, 1.54) is 17.1 Å². The minimum Gasteiger partial charge on any atom is -0.298 e. The summed E-state index contributed by atoms with van der Waals surface area (Å²) in [5.74, 6) is 0. The van der Waals surface area contributed by atoms with E-state index >= 15 is 0 Å². The molecule has 3 nitrogen and oxygen atoms in total. The third-order valence-electron chi connectivity index (χ3n) is 3.17. The lowest BCUT2D eigenvalue weighted by atomic mass is 9.99. The Morgan fingerprint density at radius 3 is 2.30 bits per heavy atom. The third-order valence-corrected chi connectivity index (χ3v) is 3.17. The molecular weight excluding hydrogens is 324 g/mol. The van der Waals surface area contributed by atoms with Gasteiger partial charge < -0.3 is 0 Å². The van der Waals surface area contributed by atoms with Crippen molar-refractivity contribution in [3.63, 3.8) is 0 Å². The molecule has 0 bridgehead atoms. The average molecular weight is 337 g/mol. The molecule has 9 heteroatoms. The number of alkyl halides is 6. The molecule has 0 spiro atoms. The molecular formula is C14H13F6N3. The summed E-state index contributed by atoms with van der Waals surface area (Å²) in [4.78, 5) is 0. The predicted octanol–water partition coefficient (Wildman–Crippen LogP) is 3.83. The van der Waals surface area contributed by atoms with Crippen LogP contribution in [0.5, 0.6) is 0 Å². The van der Waals surface area contributed by atoms with Crippen molar-refractivity contribution in [1.29, 1.82) is 0 Å². The normalized spacial score (nSPS) is 14.0. The molecule has 2 rings (SSSR count). The zero-order valence-electron chi connectivity index (χ0n) is 11.9. The van der Waals surface area contributed by atoms with E-state index in [0.717, 1.165) is 18.2 Å². The van der Waals surface area contributed by atoms with Crippen molar-refractivity contribution in [3.8, 4) is 0 Å². The number of aryl methyl sites for hydroxylation is 1. The minimum absolute atomic E-state index is 0.260. The molecule has 1 atom stereocenters. The Labute approximate surface area is 127 Å². The molecule has 0 saturated heterocycles. The van der Waals surface area contributed by atoms with Crippen LogP contribution in [0.4, 0.5) is 26.3 Å². The third kappa shape index (κ3) is 4.25. The van der Waals surface area contributed by atoms with E-state index in [0.29, 0.717) is 11.6 Å². The second kappa shape index (κ2) is 6.23. The number of hydrogen-bond donors (Lipinski definition) is 1. The summed E-state index contributed by atoms with van der Waals surface area (Å²) in [6.07, 6.45) is -6.91. The van der Waals surface area contributed by atoms with Gasteiger partial charge in [-0.3, -0.25) is 10.00 Å². The maximum atomic E-state index is 13.2. The molecule has 2 aromatic rings. The largest absolute Gasteiger partial charge is 0.416 e. The first kappa shape index (κ1) is 17.3. The van der Waals surface area contributed by atoms with E-state index < -0.39 is 29.5 Å². The van der Waals surface area contributed by atoms with Gasteiger partial charge in [-0.05, 0) is 11.6 Å². The van der Waals surface area contributed by atoms with Crippen LogP contribution in [0.15, 0.2) is 36.7 Å². The van der Waals surface area contributed by atoms with Crippen molar-refractivity contribution in [3.05, 3.63) is 53.3 Å². The van der Waals surface area contributed by atoms with Gasteiger partial charge in [-0.25, -0.2) is 0 Å². The molecule has 1 aromatic heterocycles. The highest BCUT2D eigenvalue weighted by molar-refractivity contribution is 5.33. The number of halogens is 6. The van der Waals surface area contributed by atoms with Gasteiger partial charge in [-0.2, -0.15) is 31.4 Å². The number of nitrogens with zero attached hydrogens (tertiary/aromatic N) is 2. The monoisotopic (exact) mass is 337 g/mol. The van der Waals surface area contributed by atoms with Crippen LogP contribution in [-0.4, -0.2) is 16.0 Å². The van der Waals surface area contributed by atoms with Gasteiger partial charge in [0.2, 0.25) is 0 Å². The van der Waals surface area contributed by atoms with E-state index in [4.69, 9.17) is 0 Å². The van der Waals surface area contributed by atoms with Crippen molar-refractivity contribution < 1.29 is 26.3 Å². The molecule has 0 fully saturated rings.